The van der Waals surface area contributed by atoms with Crippen LogP contribution in [0.2, 0.25) is 10.0 Å². The maximum absolute atomic E-state index is 13.3. The zero-order chi connectivity index (χ0) is 22.9. The van der Waals surface area contributed by atoms with E-state index in [9.17, 15) is 9.59 Å². The predicted octanol–water partition coefficient (Wildman–Crippen LogP) is 4.76. The van der Waals surface area contributed by atoms with Crippen molar-refractivity contribution in [1.29, 1.82) is 0 Å². The molecule has 0 saturated heterocycles. The zero-order valence-corrected chi connectivity index (χ0v) is 19.1. The number of halogens is 2. The SMILES string of the molecule is CNC(=O)C(Cc1ccccc1)N(Cc1ccc(Cl)cc1Cl)C(=O)COc1ccccc1. The van der Waals surface area contributed by atoms with Crippen LogP contribution in [0.25, 0.3) is 0 Å². The summed E-state index contributed by atoms with van der Waals surface area (Å²) in [4.78, 5) is 27.7. The third kappa shape index (κ3) is 6.49. The number of hydrogen-bond donors (Lipinski definition) is 1. The Morgan fingerprint density at radius 3 is 2.25 bits per heavy atom. The topological polar surface area (TPSA) is 58.6 Å². The summed E-state index contributed by atoms with van der Waals surface area (Å²) in [6.45, 7) is -0.0740. The molecule has 2 amide bonds. The molecule has 0 fully saturated rings. The summed E-state index contributed by atoms with van der Waals surface area (Å²) in [5.74, 6) is -0.0266. The van der Waals surface area contributed by atoms with E-state index in [4.69, 9.17) is 27.9 Å². The van der Waals surface area contributed by atoms with E-state index in [0.717, 1.165) is 5.56 Å². The highest BCUT2D eigenvalue weighted by Gasteiger charge is 2.30. The summed E-state index contributed by atoms with van der Waals surface area (Å²) < 4.78 is 5.67. The maximum atomic E-state index is 13.3. The Bertz CT molecular complexity index is 1050. The van der Waals surface area contributed by atoms with Crippen LogP contribution in [0.5, 0.6) is 5.75 Å². The van der Waals surface area contributed by atoms with Gasteiger partial charge in [-0.25, -0.2) is 0 Å². The normalized spacial score (nSPS) is 11.5. The number of carbonyl (C=O) groups excluding carboxylic acids is 2. The first kappa shape index (κ1) is 23.6. The van der Waals surface area contributed by atoms with Gasteiger partial charge in [0.15, 0.2) is 6.61 Å². The first-order valence-electron chi connectivity index (χ1n) is 10.1. The lowest BCUT2D eigenvalue weighted by molar-refractivity contribution is -0.142. The average Bonchev–Trinajstić information content (AvgIpc) is 2.81. The van der Waals surface area contributed by atoms with Crippen molar-refractivity contribution in [2.75, 3.05) is 13.7 Å². The summed E-state index contributed by atoms with van der Waals surface area (Å²) in [5, 5.41) is 3.60. The third-order valence-electron chi connectivity index (χ3n) is 4.98. The summed E-state index contributed by atoms with van der Waals surface area (Å²) in [6, 6.07) is 23.0. The summed E-state index contributed by atoms with van der Waals surface area (Å²) in [7, 11) is 1.55. The lowest BCUT2D eigenvalue weighted by Crippen LogP contribution is -2.51. The Hall–Kier alpha value is -3.02. The van der Waals surface area contributed by atoms with Crippen LogP contribution in [0.1, 0.15) is 11.1 Å². The van der Waals surface area contributed by atoms with Gasteiger partial charge in [0.2, 0.25) is 5.91 Å². The van der Waals surface area contributed by atoms with Crippen molar-refractivity contribution in [2.24, 2.45) is 0 Å². The van der Waals surface area contributed by atoms with Gasteiger partial charge in [0.1, 0.15) is 11.8 Å². The van der Waals surface area contributed by atoms with Crippen molar-refractivity contribution in [1.82, 2.24) is 10.2 Å². The Labute approximate surface area is 197 Å². The van der Waals surface area contributed by atoms with Crippen LogP contribution in [0.15, 0.2) is 78.9 Å². The minimum atomic E-state index is -0.749. The highest BCUT2D eigenvalue weighted by molar-refractivity contribution is 6.35. The Morgan fingerprint density at radius 2 is 1.62 bits per heavy atom. The Morgan fingerprint density at radius 1 is 0.969 bits per heavy atom. The van der Waals surface area contributed by atoms with E-state index in [1.165, 1.54) is 4.90 Å². The molecule has 1 N–H and O–H groups in total. The number of ether oxygens (including phenoxy) is 1. The van der Waals surface area contributed by atoms with Gasteiger partial charge in [0, 0.05) is 30.1 Å². The van der Waals surface area contributed by atoms with E-state index in [1.54, 1.807) is 37.4 Å². The summed E-state index contributed by atoms with van der Waals surface area (Å²) in [6.07, 6.45) is 0.350. The molecular weight excluding hydrogens is 447 g/mol. The molecule has 32 heavy (non-hydrogen) atoms. The molecule has 0 heterocycles. The van der Waals surface area contributed by atoms with Crippen LogP contribution < -0.4 is 10.1 Å². The quantitative estimate of drug-likeness (QED) is 0.490. The molecule has 3 aromatic carbocycles. The fraction of sp³-hybridized carbons (Fsp3) is 0.200. The first-order chi connectivity index (χ1) is 15.5. The minimum Gasteiger partial charge on any atom is -0.484 e. The monoisotopic (exact) mass is 470 g/mol. The van der Waals surface area contributed by atoms with Gasteiger partial charge in [0.05, 0.1) is 0 Å². The molecule has 1 atom stereocenters. The van der Waals surface area contributed by atoms with Crippen molar-refractivity contribution in [3.8, 4) is 5.75 Å². The first-order valence-corrected chi connectivity index (χ1v) is 10.9. The number of rotatable bonds is 9. The number of benzene rings is 3. The molecule has 0 aliphatic heterocycles. The fourth-order valence-electron chi connectivity index (χ4n) is 3.30. The molecule has 0 aliphatic carbocycles. The number of hydrogen-bond acceptors (Lipinski definition) is 3. The van der Waals surface area contributed by atoms with Crippen LogP contribution in [0.3, 0.4) is 0 Å². The van der Waals surface area contributed by atoms with Crippen molar-refractivity contribution in [2.45, 2.75) is 19.0 Å². The average molecular weight is 471 g/mol. The van der Waals surface area contributed by atoms with Gasteiger partial charge in [-0.15, -0.1) is 0 Å². The van der Waals surface area contributed by atoms with E-state index in [-0.39, 0.29) is 25.0 Å². The second kappa shape index (κ2) is 11.6. The van der Waals surface area contributed by atoms with Gasteiger partial charge in [0.25, 0.3) is 5.91 Å². The van der Waals surface area contributed by atoms with E-state index in [2.05, 4.69) is 5.32 Å². The molecule has 0 bridgehead atoms. The molecule has 5 nitrogen and oxygen atoms in total. The zero-order valence-electron chi connectivity index (χ0n) is 17.6. The minimum absolute atomic E-state index is 0.137. The lowest BCUT2D eigenvalue weighted by atomic mass is 10.0. The number of nitrogens with zero attached hydrogens (tertiary/aromatic N) is 1. The van der Waals surface area contributed by atoms with Crippen LogP contribution in [-0.4, -0.2) is 36.4 Å². The van der Waals surface area contributed by atoms with Gasteiger partial charge in [-0.3, -0.25) is 9.59 Å². The molecule has 0 radical (unpaired) electrons. The van der Waals surface area contributed by atoms with Gasteiger partial charge >= 0.3 is 0 Å². The number of likely N-dealkylation sites (N-methyl/N-ethyl adjacent to an activating group) is 1. The van der Waals surface area contributed by atoms with Crippen LogP contribution in [0.4, 0.5) is 0 Å². The molecule has 7 heteroatoms. The summed E-state index contributed by atoms with van der Waals surface area (Å²) in [5.41, 5.74) is 1.62. The van der Waals surface area contributed by atoms with Crippen molar-refractivity contribution < 1.29 is 14.3 Å². The van der Waals surface area contributed by atoms with E-state index >= 15 is 0 Å². The van der Waals surface area contributed by atoms with Gasteiger partial charge in [-0.2, -0.15) is 0 Å². The molecule has 0 aromatic heterocycles. The highest BCUT2D eigenvalue weighted by atomic mass is 35.5. The van der Waals surface area contributed by atoms with Crippen LogP contribution in [0, 0.1) is 0 Å². The second-order valence-corrected chi connectivity index (χ2v) is 8.02. The number of amides is 2. The molecular formula is C25H24Cl2N2O3. The van der Waals surface area contributed by atoms with Crippen molar-refractivity contribution in [3.05, 3.63) is 100 Å². The summed E-state index contributed by atoms with van der Waals surface area (Å²) >= 11 is 12.4. The van der Waals surface area contributed by atoms with Crippen molar-refractivity contribution in [3.63, 3.8) is 0 Å². The van der Waals surface area contributed by atoms with Gasteiger partial charge in [-0.05, 0) is 35.4 Å². The number of carbonyl (C=O) groups is 2. The van der Waals surface area contributed by atoms with Crippen LogP contribution in [-0.2, 0) is 22.6 Å². The molecule has 1 unspecified atom stereocenters. The highest BCUT2D eigenvalue weighted by Crippen LogP contribution is 2.24. The third-order valence-corrected chi connectivity index (χ3v) is 5.57. The van der Waals surface area contributed by atoms with Crippen LogP contribution >= 0.6 is 23.2 Å². The largest absolute Gasteiger partial charge is 0.484 e. The fourth-order valence-corrected chi connectivity index (χ4v) is 3.77. The van der Waals surface area contributed by atoms with Gasteiger partial charge < -0.3 is 15.0 Å². The lowest BCUT2D eigenvalue weighted by Gasteiger charge is -2.31. The number of para-hydroxylation sites is 1. The molecule has 0 spiro atoms. The molecule has 0 saturated carbocycles. The maximum Gasteiger partial charge on any atom is 0.261 e. The standard InChI is InChI=1S/C25H24Cl2N2O3/c1-28-25(31)23(14-18-8-4-2-5-9-18)29(16-19-12-13-20(26)15-22(19)27)24(30)17-32-21-10-6-3-7-11-21/h2-13,15,23H,14,16-17H2,1H3,(H,28,31). The van der Waals surface area contributed by atoms with Gasteiger partial charge in [-0.1, -0.05) is 77.8 Å². The van der Waals surface area contributed by atoms with E-state index in [0.29, 0.717) is 27.8 Å². The molecule has 166 valence electrons. The smallest absolute Gasteiger partial charge is 0.261 e. The number of nitrogens with one attached hydrogen (secondary N) is 1. The van der Waals surface area contributed by atoms with E-state index in [1.807, 2.05) is 48.5 Å². The van der Waals surface area contributed by atoms with E-state index < -0.39 is 6.04 Å². The second-order valence-electron chi connectivity index (χ2n) is 7.18. The predicted molar refractivity (Wildman–Crippen MR) is 127 cm³/mol. The van der Waals surface area contributed by atoms with Crippen molar-refractivity contribution >= 4 is 35.0 Å². The Balaban J connectivity index is 1.90. The molecule has 0 aliphatic rings. The molecule has 3 rings (SSSR count). The molecule has 3 aromatic rings. The Kier molecular flexibility index (Phi) is 8.54.